The Morgan fingerprint density at radius 2 is 0.544 bits per heavy atom. The van der Waals surface area contributed by atoms with E-state index >= 15 is 0 Å². The highest BCUT2D eigenvalue weighted by Gasteiger charge is 1.75. The van der Waals surface area contributed by atoms with Gasteiger partial charge in [-0.25, -0.2) is 9.97 Å². The van der Waals surface area contributed by atoms with Crippen molar-refractivity contribution in [1.82, 2.24) is 15.0 Å². The average molecular weight is 814 g/mol. The highest BCUT2D eigenvalue weighted by atomic mass is 16.5. The number of pyridine rings is 2. The Morgan fingerprint density at radius 3 is 0.649 bits per heavy atom. The lowest BCUT2D eigenvalue weighted by Gasteiger charge is -1.88. The molecule has 0 radical (unpaired) electrons. The summed E-state index contributed by atoms with van der Waals surface area (Å²) in [5.41, 5.74) is 1.32. The molecule has 0 unspecified atom stereocenters. The smallest absolute Gasteiger partial charge is 0.180 e. The van der Waals surface area contributed by atoms with Crippen LogP contribution in [0.15, 0.2) is 116 Å². The third kappa shape index (κ3) is 224. The van der Waals surface area contributed by atoms with Crippen molar-refractivity contribution in [1.29, 1.82) is 0 Å². The third-order valence-electron chi connectivity index (χ3n) is 2.67. The van der Waals surface area contributed by atoms with Gasteiger partial charge < -0.3 is 5.21 Å². The quantitative estimate of drug-likeness (QED) is 0.131. The number of nitrogens with zero attached hydrogens (tertiary/aromatic N) is 4. The van der Waals surface area contributed by atoms with Crippen LogP contribution in [0.5, 0.6) is 0 Å². The maximum atomic E-state index is 10.2. The van der Waals surface area contributed by atoms with Crippen LogP contribution in [0.2, 0.25) is 0 Å². The van der Waals surface area contributed by atoms with E-state index < -0.39 is 0 Å². The monoisotopic (exact) mass is 813 g/mol. The molecule has 0 aliphatic carbocycles. The highest BCUT2D eigenvalue weighted by Crippen LogP contribution is 1.92. The summed E-state index contributed by atoms with van der Waals surface area (Å²) >= 11 is 0. The molecule has 0 atom stereocenters. The van der Waals surface area contributed by atoms with Gasteiger partial charge in [-0.05, 0) is 25.1 Å². The molecule has 57 heavy (non-hydrogen) atoms. The summed E-state index contributed by atoms with van der Waals surface area (Å²) in [7, 11) is 0. The molecule has 5 heteroatoms. The molecule has 0 spiro atoms. The summed E-state index contributed by atoms with van der Waals surface area (Å²) in [6, 6.07) is 22.9. The van der Waals surface area contributed by atoms with Gasteiger partial charge in [-0.1, -0.05) is 263 Å². The van der Waals surface area contributed by atoms with Gasteiger partial charge in [-0.2, -0.15) is 4.73 Å². The minimum Gasteiger partial charge on any atom is -0.619 e. The normalized spacial score (nSPS) is 5.39. The van der Waals surface area contributed by atoms with Gasteiger partial charge in [-0.15, -0.1) is 0 Å². The largest absolute Gasteiger partial charge is 0.619 e. The second kappa shape index (κ2) is 233. The van der Waals surface area contributed by atoms with E-state index in [9.17, 15) is 5.21 Å². The molecule has 0 saturated carbocycles. The number of benzene rings is 1. The molecule has 0 amide bonds. The van der Waals surface area contributed by atoms with E-state index in [1.165, 1.54) is 24.3 Å². The van der Waals surface area contributed by atoms with Gasteiger partial charge in [0.1, 0.15) is 6.33 Å². The Morgan fingerprint density at radius 1 is 0.316 bits per heavy atom. The van der Waals surface area contributed by atoms with Crippen molar-refractivity contribution >= 4 is 0 Å². The van der Waals surface area contributed by atoms with Gasteiger partial charge in [0.2, 0.25) is 0 Å². The molecule has 0 bridgehead atoms. The van der Waals surface area contributed by atoms with E-state index in [0.29, 0.717) is 0 Å². The summed E-state index contributed by atoms with van der Waals surface area (Å²) in [5, 5.41) is 10.2. The highest BCUT2D eigenvalue weighted by molar-refractivity contribution is 5.11. The van der Waals surface area contributed by atoms with Crippen molar-refractivity contribution in [2.75, 3.05) is 0 Å². The van der Waals surface area contributed by atoms with Crippen LogP contribution in [0.3, 0.4) is 0 Å². The van der Waals surface area contributed by atoms with Gasteiger partial charge >= 0.3 is 0 Å². The second-order valence-corrected chi connectivity index (χ2v) is 4.82. The summed E-state index contributed by atoms with van der Waals surface area (Å²) in [6.45, 7) is 62.1. The van der Waals surface area contributed by atoms with Crippen LogP contribution in [-0.2, 0) is 0 Å². The maximum Gasteiger partial charge on any atom is 0.180 e. The van der Waals surface area contributed by atoms with Gasteiger partial charge in [0.25, 0.3) is 0 Å². The van der Waals surface area contributed by atoms with E-state index in [4.69, 9.17) is 0 Å². The van der Waals surface area contributed by atoms with Gasteiger partial charge in [0.15, 0.2) is 12.4 Å². The first-order valence-electron chi connectivity index (χ1n) is 23.0. The van der Waals surface area contributed by atoms with Crippen molar-refractivity contribution in [2.24, 2.45) is 0 Å². The molecule has 3 heterocycles. The fraction of sp³-hybridized carbons (Fsp3) is 0.615. The molecule has 5 nitrogen and oxygen atoms in total. The Labute approximate surface area is 367 Å². The first kappa shape index (κ1) is 105. The van der Waals surface area contributed by atoms with Crippen molar-refractivity contribution < 1.29 is 4.73 Å². The molecular weight excluding hydrogens is 697 g/mol. The van der Waals surface area contributed by atoms with Crippen molar-refractivity contribution in [3.63, 3.8) is 0 Å². The number of rotatable bonds is 0. The molecule has 0 aliphatic rings. The van der Waals surface area contributed by atoms with E-state index in [-0.39, 0.29) is 7.43 Å². The zero-order chi connectivity index (χ0) is 48.7. The summed E-state index contributed by atoms with van der Waals surface area (Å²) < 4.78 is 0.750. The lowest BCUT2D eigenvalue weighted by molar-refractivity contribution is -0.605. The molecule has 0 fully saturated rings. The Bertz CT molecular complexity index is 638. The van der Waals surface area contributed by atoms with Crippen LogP contribution < -0.4 is 4.73 Å². The molecular formula is C52H116N4O. The second-order valence-electron chi connectivity index (χ2n) is 4.82. The van der Waals surface area contributed by atoms with Crippen LogP contribution >= 0.6 is 0 Å². The van der Waals surface area contributed by atoms with Crippen LogP contribution in [0.25, 0.3) is 0 Å². The predicted octanol–water partition coefficient (Wildman–Crippen LogP) is 19.9. The van der Waals surface area contributed by atoms with Crippen LogP contribution in [0.4, 0.5) is 0 Å². The maximum absolute atomic E-state index is 10.2. The van der Waals surface area contributed by atoms with Gasteiger partial charge in [0.05, 0.1) is 0 Å². The topological polar surface area (TPSA) is 65.6 Å². The minimum absolute atomic E-state index is 0. The number of hydrogen-bond acceptors (Lipinski definition) is 4. The van der Waals surface area contributed by atoms with Crippen molar-refractivity contribution in [2.45, 2.75) is 222 Å². The lowest BCUT2D eigenvalue weighted by Crippen LogP contribution is -2.22. The predicted molar refractivity (Wildman–Crippen MR) is 280 cm³/mol. The Kier molecular flexibility index (Phi) is 428. The molecule has 0 N–H and O–H groups in total. The van der Waals surface area contributed by atoms with Gasteiger partial charge in [-0.3, -0.25) is 4.98 Å². The molecule has 0 saturated heterocycles. The molecule has 3 aromatic heterocycles. The summed E-state index contributed by atoms with van der Waals surface area (Å²) in [5.74, 6) is 0. The van der Waals surface area contributed by atoms with Crippen LogP contribution in [0, 0.1) is 12.1 Å². The van der Waals surface area contributed by atoms with E-state index in [2.05, 4.69) is 34.0 Å². The zero-order valence-electron chi connectivity index (χ0n) is 44.7. The molecule has 0 aliphatic heterocycles. The Balaban J connectivity index is -0.0000000231. The fourth-order valence-corrected chi connectivity index (χ4v) is 1.48. The number of aryl methyl sites for hydroxylation is 1. The number of hydrogen-bond donors (Lipinski definition) is 0. The summed E-state index contributed by atoms with van der Waals surface area (Å²) in [6.07, 6.45) is 11.3. The standard InChI is InChI=1S/C7H8.C5H5NO.C5H5N.C4H4N2.15C2H6.CH4/c1-7-5-3-2-4-6-7;7-6-4-2-1-3-5-6;1-2-4-6-5-3-1;1-2-5-4-6-3-1;15*1-2;/h2-6H,1H3;1-5H;1-5H;1-4H;15*1-2H3;1H4. The van der Waals surface area contributed by atoms with Crippen LogP contribution in [0.1, 0.15) is 221 Å². The molecule has 4 aromatic rings. The fourth-order valence-electron chi connectivity index (χ4n) is 1.48. The van der Waals surface area contributed by atoms with E-state index in [1.807, 2.05) is 244 Å². The first-order chi connectivity index (χ1) is 27.8. The van der Waals surface area contributed by atoms with Crippen molar-refractivity contribution in [3.05, 3.63) is 127 Å². The van der Waals surface area contributed by atoms with E-state index in [1.54, 1.807) is 49.1 Å². The van der Waals surface area contributed by atoms with Gasteiger partial charge in [0, 0.05) is 36.9 Å². The SMILES string of the molecule is C.CC.CC.CC.CC.CC.CC.CC.CC.CC.CC.CC.CC.CC.CC.CC.Cc1ccccc1.[O-][n+]1ccccc1.c1ccncc1.c1cncnc1. The molecule has 4 rings (SSSR count). The number of aromatic nitrogens is 4. The zero-order valence-corrected chi connectivity index (χ0v) is 44.7. The van der Waals surface area contributed by atoms with Crippen LogP contribution in [-0.4, -0.2) is 15.0 Å². The minimum atomic E-state index is 0. The first-order valence-corrected chi connectivity index (χ1v) is 23.0. The summed E-state index contributed by atoms with van der Waals surface area (Å²) in [4.78, 5) is 11.1. The third-order valence-corrected chi connectivity index (χ3v) is 2.67. The Hall–Kier alpha value is -3.60. The lowest BCUT2D eigenvalue weighted by atomic mass is 10.2. The molecule has 350 valence electrons. The average Bonchev–Trinajstić information content (AvgIpc) is 3.38. The van der Waals surface area contributed by atoms with Crippen molar-refractivity contribution in [3.8, 4) is 0 Å². The van der Waals surface area contributed by atoms with E-state index in [0.717, 1.165) is 4.73 Å². The molecule has 1 aromatic carbocycles.